The van der Waals surface area contributed by atoms with E-state index in [-0.39, 0.29) is 13.0 Å². The van der Waals surface area contributed by atoms with Crippen molar-refractivity contribution in [2.75, 3.05) is 19.8 Å². The summed E-state index contributed by atoms with van der Waals surface area (Å²) in [5.41, 5.74) is 0. The van der Waals surface area contributed by atoms with E-state index in [9.17, 15) is 39.8 Å². The predicted molar refractivity (Wildman–Crippen MR) is 240 cm³/mol. The van der Waals surface area contributed by atoms with E-state index < -0.39 is 63.1 Å². The van der Waals surface area contributed by atoms with Crippen molar-refractivity contribution in [3.8, 4) is 0 Å². The van der Waals surface area contributed by atoms with Crippen molar-refractivity contribution < 1.29 is 58.3 Å². The third kappa shape index (κ3) is 30.2. The van der Waals surface area contributed by atoms with Gasteiger partial charge in [-0.3, -0.25) is 13.8 Å². The Balaban J connectivity index is 2.31. The maximum absolute atomic E-state index is 12.8. The zero-order chi connectivity index (χ0) is 44.1. The van der Waals surface area contributed by atoms with Gasteiger partial charge in [0, 0.05) is 13.0 Å². The van der Waals surface area contributed by atoms with Gasteiger partial charge < -0.3 is 39.9 Å². The number of phosphoric acid groups is 1. The van der Waals surface area contributed by atoms with Gasteiger partial charge in [0.1, 0.15) is 42.7 Å². The van der Waals surface area contributed by atoms with E-state index in [2.05, 4.69) is 26.0 Å². The summed E-state index contributed by atoms with van der Waals surface area (Å²) >= 11 is 0. The van der Waals surface area contributed by atoms with Crippen LogP contribution in [-0.4, -0.2) is 98.9 Å². The summed E-state index contributed by atoms with van der Waals surface area (Å²) < 4.78 is 34.2. The maximum Gasteiger partial charge on any atom is 0.472 e. The highest BCUT2D eigenvalue weighted by atomic mass is 31.2. The third-order valence-corrected chi connectivity index (χ3v) is 12.6. The highest BCUT2D eigenvalue weighted by Crippen LogP contribution is 2.47. The van der Waals surface area contributed by atoms with Gasteiger partial charge in [0.05, 0.1) is 13.2 Å². The normalized spacial score (nSPS) is 22.3. The van der Waals surface area contributed by atoms with E-state index in [0.717, 1.165) is 57.8 Å². The Bertz CT molecular complexity index is 1050. The minimum atomic E-state index is -5.01. The topological polar surface area (TPSA) is 192 Å². The van der Waals surface area contributed by atoms with Gasteiger partial charge in [0.2, 0.25) is 0 Å². The Hall–Kier alpha value is -0.920. The lowest BCUT2D eigenvalue weighted by Crippen LogP contribution is -2.64. The molecule has 6 N–H and O–H groups in total. The number of allylic oxidation sites excluding steroid dienone is 2. The number of rotatable bonds is 42. The number of carbonyl (C=O) groups excluding carboxylic acids is 1. The zero-order valence-electron chi connectivity index (χ0n) is 38.0. The Morgan fingerprint density at radius 2 is 0.883 bits per heavy atom. The van der Waals surface area contributed by atoms with Crippen molar-refractivity contribution in [3.05, 3.63) is 12.2 Å². The maximum atomic E-state index is 12.8. The van der Waals surface area contributed by atoms with Gasteiger partial charge in [-0.05, 0) is 38.5 Å². The fourth-order valence-electron chi connectivity index (χ4n) is 7.70. The number of phosphoric ester groups is 1. The number of hydrogen-bond donors (Lipinski definition) is 6. The summed E-state index contributed by atoms with van der Waals surface area (Å²) in [7, 11) is -5.01. The number of esters is 1. The standard InChI is InChI=1S/C47H91O12P/c1-3-5-7-9-11-13-15-17-18-19-20-21-22-23-24-25-27-29-31-33-35-37-56-38-40(58-41(48)36-34-32-30-28-26-16-14-12-10-8-6-4-2)39-57-60(54,55)59-47-45(52)43(50)42(49)44(51)46(47)53/h12,14,40,42-47,49-53H,3-11,13,15-39H2,1-2H3,(H,54,55)/b14-12-. The van der Waals surface area contributed by atoms with Crippen LogP contribution >= 0.6 is 7.82 Å². The van der Waals surface area contributed by atoms with E-state index in [4.69, 9.17) is 18.5 Å². The first-order chi connectivity index (χ1) is 29.0. The first kappa shape index (κ1) is 57.1. The summed E-state index contributed by atoms with van der Waals surface area (Å²) in [5, 5.41) is 50.2. The molecule has 0 heterocycles. The van der Waals surface area contributed by atoms with Gasteiger partial charge in [-0.2, -0.15) is 0 Å². The van der Waals surface area contributed by atoms with E-state index in [1.54, 1.807) is 0 Å². The fourth-order valence-corrected chi connectivity index (χ4v) is 8.68. The number of unbranched alkanes of at least 4 members (excludes halogenated alkanes) is 28. The number of aliphatic hydroxyl groups excluding tert-OH is 5. The third-order valence-electron chi connectivity index (χ3n) is 11.6. The SMILES string of the molecule is CCCCC/C=C\CCCCCCCC(=O)OC(COCCCCCCCCCCCCCCCCCCCCCCC)COP(=O)(O)OC1C(O)C(O)C(O)C(O)C1O. The molecule has 0 aromatic rings. The second-order valence-electron chi connectivity index (χ2n) is 17.3. The Kier molecular flexibility index (Phi) is 36.7. The van der Waals surface area contributed by atoms with Crippen molar-refractivity contribution in [2.24, 2.45) is 0 Å². The van der Waals surface area contributed by atoms with Crippen LogP contribution < -0.4 is 0 Å². The molecule has 1 aliphatic rings. The monoisotopic (exact) mass is 879 g/mol. The molecule has 6 atom stereocenters. The zero-order valence-corrected chi connectivity index (χ0v) is 38.9. The molecule has 60 heavy (non-hydrogen) atoms. The molecule has 0 aromatic heterocycles. The number of ether oxygens (including phenoxy) is 2. The van der Waals surface area contributed by atoms with Crippen molar-refractivity contribution in [2.45, 2.75) is 262 Å². The molecule has 13 heteroatoms. The lowest BCUT2D eigenvalue weighted by atomic mass is 9.85. The molecular weight excluding hydrogens is 787 g/mol. The molecule has 0 spiro atoms. The van der Waals surface area contributed by atoms with Gasteiger partial charge >= 0.3 is 13.8 Å². The first-order valence-electron chi connectivity index (χ1n) is 24.5. The highest BCUT2D eigenvalue weighted by Gasteiger charge is 2.51. The molecule has 0 amide bonds. The van der Waals surface area contributed by atoms with E-state index in [0.29, 0.717) is 13.0 Å². The van der Waals surface area contributed by atoms with Crippen molar-refractivity contribution in [1.29, 1.82) is 0 Å². The molecule has 0 aromatic carbocycles. The van der Waals surface area contributed by atoms with Crippen molar-refractivity contribution in [1.82, 2.24) is 0 Å². The molecular formula is C47H91O12P. The second kappa shape index (κ2) is 38.5. The van der Waals surface area contributed by atoms with E-state index in [1.807, 2.05) is 0 Å². The lowest BCUT2D eigenvalue weighted by molar-refractivity contribution is -0.220. The number of hydrogen-bond acceptors (Lipinski definition) is 11. The van der Waals surface area contributed by atoms with Crippen LogP contribution in [0.5, 0.6) is 0 Å². The van der Waals surface area contributed by atoms with Crippen LogP contribution in [-0.2, 0) is 27.9 Å². The highest BCUT2D eigenvalue weighted by molar-refractivity contribution is 7.47. The lowest BCUT2D eigenvalue weighted by Gasteiger charge is -2.41. The Labute approximate surface area is 365 Å². The second-order valence-corrected chi connectivity index (χ2v) is 18.7. The summed E-state index contributed by atoms with van der Waals surface area (Å²) in [6.45, 7) is 4.25. The average Bonchev–Trinajstić information content (AvgIpc) is 3.23. The molecule has 6 unspecified atom stereocenters. The molecule has 1 fully saturated rings. The van der Waals surface area contributed by atoms with Crippen LogP contribution in [0.1, 0.15) is 219 Å². The number of carbonyl (C=O) groups is 1. The largest absolute Gasteiger partial charge is 0.472 e. The molecule has 12 nitrogen and oxygen atoms in total. The first-order valence-corrected chi connectivity index (χ1v) is 26.0. The van der Waals surface area contributed by atoms with Crippen LogP contribution in [0.3, 0.4) is 0 Å². The van der Waals surface area contributed by atoms with Crippen LogP contribution in [0.15, 0.2) is 12.2 Å². The van der Waals surface area contributed by atoms with Crippen molar-refractivity contribution in [3.63, 3.8) is 0 Å². The molecule has 0 saturated heterocycles. The average molecular weight is 879 g/mol. The van der Waals surface area contributed by atoms with Crippen molar-refractivity contribution >= 4 is 13.8 Å². The van der Waals surface area contributed by atoms with Crippen LogP contribution in [0.25, 0.3) is 0 Å². The van der Waals surface area contributed by atoms with Gasteiger partial charge in [0.25, 0.3) is 0 Å². The Morgan fingerprint density at radius 3 is 1.35 bits per heavy atom. The molecule has 1 rings (SSSR count). The molecule has 0 aliphatic heterocycles. The molecule has 0 bridgehead atoms. The minimum Gasteiger partial charge on any atom is -0.457 e. The van der Waals surface area contributed by atoms with Crippen LogP contribution in [0, 0.1) is 0 Å². The van der Waals surface area contributed by atoms with Gasteiger partial charge in [-0.25, -0.2) is 4.57 Å². The Morgan fingerprint density at radius 1 is 0.517 bits per heavy atom. The van der Waals surface area contributed by atoms with Gasteiger partial charge in [-0.1, -0.05) is 187 Å². The smallest absolute Gasteiger partial charge is 0.457 e. The summed E-state index contributed by atoms with van der Waals surface area (Å²) in [5.74, 6) is -0.483. The molecule has 1 saturated carbocycles. The summed E-state index contributed by atoms with van der Waals surface area (Å²) in [6.07, 6.45) is 30.0. The summed E-state index contributed by atoms with van der Waals surface area (Å²) in [6, 6.07) is 0. The number of aliphatic hydroxyl groups is 5. The quantitative estimate of drug-likeness (QED) is 0.0147. The summed E-state index contributed by atoms with van der Waals surface area (Å²) in [4.78, 5) is 23.1. The van der Waals surface area contributed by atoms with E-state index >= 15 is 0 Å². The van der Waals surface area contributed by atoms with Gasteiger partial charge in [-0.15, -0.1) is 0 Å². The van der Waals surface area contributed by atoms with E-state index in [1.165, 1.54) is 135 Å². The van der Waals surface area contributed by atoms with Crippen LogP contribution in [0.4, 0.5) is 0 Å². The fraction of sp³-hybridized carbons (Fsp3) is 0.936. The van der Waals surface area contributed by atoms with Gasteiger partial charge in [0.15, 0.2) is 0 Å². The van der Waals surface area contributed by atoms with Crippen LogP contribution in [0.2, 0.25) is 0 Å². The molecule has 0 radical (unpaired) electrons. The molecule has 356 valence electrons. The minimum absolute atomic E-state index is 0.0742. The molecule has 1 aliphatic carbocycles. The predicted octanol–water partition coefficient (Wildman–Crippen LogP) is 10.3.